The normalized spacial score (nSPS) is 12.4. The second-order valence-electron chi connectivity index (χ2n) is 7.59. The average Bonchev–Trinajstić information content (AvgIpc) is 3.44. The Kier molecular flexibility index (Phi) is 5.31. The maximum Gasteiger partial charge on any atom is 0.435 e. The summed E-state index contributed by atoms with van der Waals surface area (Å²) >= 11 is 1.60. The maximum atomic E-state index is 13.5. The van der Waals surface area contributed by atoms with Crippen molar-refractivity contribution in [2.45, 2.75) is 11.1 Å². The van der Waals surface area contributed by atoms with Crippen molar-refractivity contribution in [1.82, 2.24) is 9.78 Å². The molecule has 0 radical (unpaired) electrons. The minimum Gasteiger partial charge on any atom is -0.233 e. The zero-order chi connectivity index (χ0) is 24.1. The molecule has 2 aromatic heterocycles. The summed E-state index contributed by atoms with van der Waals surface area (Å²) in [6.45, 7) is 0. The van der Waals surface area contributed by atoms with Crippen LogP contribution in [0.1, 0.15) is 5.69 Å². The van der Waals surface area contributed by atoms with E-state index in [0.29, 0.717) is 5.56 Å². The Labute approximate surface area is 196 Å². The van der Waals surface area contributed by atoms with E-state index >= 15 is 0 Å². The summed E-state index contributed by atoms with van der Waals surface area (Å²) in [5, 5.41) is 13.2. The zero-order valence-corrected chi connectivity index (χ0v) is 19.0. The van der Waals surface area contributed by atoms with Crippen LogP contribution in [0.25, 0.3) is 38.2 Å². The number of nitrogens with two attached hydrogens (primary N) is 1. The first kappa shape index (κ1) is 22.3. The topological polar surface area (TPSA) is 78.0 Å². The van der Waals surface area contributed by atoms with E-state index < -0.39 is 21.9 Å². The van der Waals surface area contributed by atoms with Crippen LogP contribution >= 0.6 is 11.3 Å². The molecule has 0 atom stereocenters. The summed E-state index contributed by atoms with van der Waals surface area (Å²) in [6.07, 6.45) is -4.64. The van der Waals surface area contributed by atoms with Gasteiger partial charge in [-0.25, -0.2) is 18.2 Å². The molecule has 0 aliphatic rings. The minimum absolute atomic E-state index is 0.145. The standard InChI is InChI=1S/C24H16F3N3O2S2/c25-24(26,27)22-13-21(30(29-22)18-9-11-19(12-10-18)34(28,31)32)15-5-7-16(8-6-15)23-20-4-2-1-3-17(20)14-33-23/h1-14H,(H2,28,31,32). The molecule has 0 bridgehead atoms. The Morgan fingerprint density at radius 2 is 1.53 bits per heavy atom. The lowest BCUT2D eigenvalue weighted by Crippen LogP contribution is -2.12. The molecule has 0 fully saturated rings. The molecule has 0 amide bonds. The number of sulfonamides is 1. The number of thiophene rings is 1. The summed E-state index contributed by atoms with van der Waals surface area (Å²) in [4.78, 5) is 0.929. The molecule has 0 aliphatic heterocycles. The van der Waals surface area contributed by atoms with Gasteiger partial charge in [0.25, 0.3) is 0 Å². The quantitative estimate of drug-likeness (QED) is 0.325. The Balaban J connectivity index is 1.58. The molecule has 2 heterocycles. The van der Waals surface area contributed by atoms with Gasteiger partial charge in [0.2, 0.25) is 10.0 Å². The SMILES string of the molecule is NS(=O)(=O)c1ccc(-n2nc(C(F)(F)F)cc2-c2ccc(-c3scc4ccccc34)cc2)cc1. The lowest BCUT2D eigenvalue weighted by Gasteiger charge is -2.09. The van der Waals surface area contributed by atoms with Gasteiger partial charge in [-0.2, -0.15) is 18.3 Å². The van der Waals surface area contributed by atoms with Crippen LogP contribution in [0, 0.1) is 0 Å². The van der Waals surface area contributed by atoms with E-state index in [1.165, 1.54) is 24.3 Å². The van der Waals surface area contributed by atoms with Crippen LogP contribution < -0.4 is 5.14 Å². The number of fused-ring (bicyclic) bond motifs is 1. The average molecular weight is 500 g/mol. The second kappa shape index (κ2) is 8.08. The van der Waals surface area contributed by atoms with E-state index in [1.807, 2.05) is 36.4 Å². The zero-order valence-electron chi connectivity index (χ0n) is 17.3. The fourth-order valence-electron chi connectivity index (χ4n) is 3.71. The predicted molar refractivity (Wildman–Crippen MR) is 126 cm³/mol. The van der Waals surface area contributed by atoms with Gasteiger partial charge in [-0.1, -0.05) is 48.5 Å². The monoisotopic (exact) mass is 499 g/mol. The first-order chi connectivity index (χ1) is 16.1. The number of halogens is 3. The maximum absolute atomic E-state index is 13.5. The predicted octanol–water partition coefficient (Wildman–Crippen LogP) is 6.09. The van der Waals surface area contributed by atoms with Gasteiger partial charge in [0, 0.05) is 15.8 Å². The summed E-state index contributed by atoms with van der Waals surface area (Å²) < 4.78 is 64.6. The fourth-order valence-corrected chi connectivity index (χ4v) is 5.26. The van der Waals surface area contributed by atoms with E-state index in [4.69, 9.17) is 5.14 Å². The Morgan fingerprint density at radius 3 is 2.18 bits per heavy atom. The summed E-state index contributed by atoms with van der Waals surface area (Å²) in [5.74, 6) is 0. The van der Waals surface area contributed by atoms with Crippen LogP contribution in [-0.2, 0) is 16.2 Å². The molecule has 5 rings (SSSR count). The third kappa shape index (κ3) is 4.11. The van der Waals surface area contributed by atoms with E-state index in [9.17, 15) is 21.6 Å². The minimum atomic E-state index is -4.64. The van der Waals surface area contributed by atoms with Crippen molar-refractivity contribution in [3.05, 3.63) is 89.9 Å². The fraction of sp³-hybridized carbons (Fsp3) is 0.0417. The third-order valence-electron chi connectivity index (χ3n) is 5.36. The molecule has 0 spiro atoms. The number of rotatable bonds is 4. The van der Waals surface area contributed by atoms with E-state index in [1.54, 1.807) is 23.5 Å². The highest BCUT2D eigenvalue weighted by atomic mass is 32.2. The van der Waals surface area contributed by atoms with Crippen molar-refractivity contribution in [2.24, 2.45) is 5.14 Å². The van der Waals surface area contributed by atoms with Crippen molar-refractivity contribution in [3.8, 4) is 27.4 Å². The Bertz CT molecular complexity index is 1600. The van der Waals surface area contributed by atoms with Crippen LogP contribution in [-0.4, -0.2) is 18.2 Å². The van der Waals surface area contributed by atoms with Gasteiger partial charge in [-0.05, 0) is 46.7 Å². The number of benzene rings is 3. The molecule has 0 aliphatic carbocycles. The van der Waals surface area contributed by atoms with Crippen LogP contribution in [0.3, 0.4) is 0 Å². The van der Waals surface area contributed by atoms with Gasteiger partial charge in [-0.3, -0.25) is 0 Å². The summed E-state index contributed by atoms with van der Waals surface area (Å²) in [5.41, 5.74) is 0.925. The molecule has 3 aromatic carbocycles. The number of nitrogens with zero attached hydrogens (tertiary/aromatic N) is 2. The third-order valence-corrected chi connectivity index (χ3v) is 7.35. The molecule has 0 saturated carbocycles. The molecule has 5 aromatic rings. The summed E-state index contributed by atoms with van der Waals surface area (Å²) in [6, 6.07) is 21.4. The van der Waals surface area contributed by atoms with Crippen LogP contribution in [0.15, 0.2) is 89.1 Å². The van der Waals surface area contributed by atoms with Crippen molar-refractivity contribution in [3.63, 3.8) is 0 Å². The van der Waals surface area contributed by atoms with Crippen LogP contribution in [0.5, 0.6) is 0 Å². The van der Waals surface area contributed by atoms with E-state index in [2.05, 4.69) is 10.5 Å². The lowest BCUT2D eigenvalue weighted by molar-refractivity contribution is -0.141. The molecule has 5 nitrogen and oxygen atoms in total. The molecule has 10 heteroatoms. The van der Waals surface area contributed by atoms with Gasteiger partial charge in [0.15, 0.2) is 5.69 Å². The van der Waals surface area contributed by atoms with Gasteiger partial charge in [0.1, 0.15) is 0 Å². The van der Waals surface area contributed by atoms with Crippen LogP contribution in [0.4, 0.5) is 13.2 Å². The molecular weight excluding hydrogens is 483 g/mol. The highest BCUT2D eigenvalue weighted by Gasteiger charge is 2.35. The van der Waals surface area contributed by atoms with Crippen LogP contribution in [0.2, 0.25) is 0 Å². The number of hydrogen-bond acceptors (Lipinski definition) is 4. The van der Waals surface area contributed by atoms with E-state index in [-0.39, 0.29) is 16.3 Å². The van der Waals surface area contributed by atoms with Crippen molar-refractivity contribution in [1.29, 1.82) is 0 Å². The van der Waals surface area contributed by atoms with Gasteiger partial charge < -0.3 is 0 Å². The summed E-state index contributed by atoms with van der Waals surface area (Å²) in [7, 11) is -3.93. The number of hydrogen-bond donors (Lipinski definition) is 1. The van der Waals surface area contributed by atoms with Gasteiger partial charge >= 0.3 is 6.18 Å². The highest BCUT2D eigenvalue weighted by Crippen LogP contribution is 2.37. The number of aromatic nitrogens is 2. The largest absolute Gasteiger partial charge is 0.435 e. The first-order valence-electron chi connectivity index (χ1n) is 9.99. The van der Waals surface area contributed by atoms with Gasteiger partial charge in [-0.15, -0.1) is 11.3 Å². The molecule has 2 N–H and O–H groups in total. The number of primary sulfonamides is 1. The molecule has 0 saturated heterocycles. The molecule has 34 heavy (non-hydrogen) atoms. The van der Waals surface area contributed by atoms with Gasteiger partial charge in [0.05, 0.1) is 16.3 Å². The molecule has 0 unspecified atom stereocenters. The van der Waals surface area contributed by atoms with Crippen molar-refractivity contribution in [2.75, 3.05) is 0 Å². The molecular formula is C24H16F3N3O2S2. The Morgan fingerprint density at radius 1 is 0.882 bits per heavy atom. The first-order valence-corrected chi connectivity index (χ1v) is 12.4. The smallest absolute Gasteiger partial charge is 0.233 e. The number of alkyl halides is 3. The van der Waals surface area contributed by atoms with E-state index in [0.717, 1.165) is 32.0 Å². The Hall–Kier alpha value is -3.47. The molecule has 172 valence electrons. The van der Waals surface area contributed by atoms with Crippen molar-refractivity contribution < 1.29 is 21.6 Å². The van der Waals surface area contributed by atoms with Crippen molar-refractivity contribution >= 4 is 32.1 Å². The lowest BCUT2D eigenvalue weighted by atomic mass is 10.0. The highest BCUT2D eigenvalue weighted by molar-refractivity contribution is 7.89. The second-order valence-corrected chi connectivity index (χ2v) is 10.0.